The molecule has 3 nitrogen and oxygen atoms in total. The van der Waals surface area contributed by atoms with Gasteiger partial charge in [0.25, 0.3) is 0 Å². The Bertz CT molecular complexity index is 367. The first-order chi connectivity index (χ1) is 8.69. The molecule has 1 rings (SSSR count). The van der Waals surface area contributed by atoms with Crippen molar-refractivity contribution in [1.82, 2.24) is 10.6 Å². The van der Waals surface area contributed by atoms with E-state index in [1.54, 1.807) is 0 Å². The fourth-order valence-corrected chi connectivity index (χ4v) is 2.62. The van der Waals surface area contributed by atoms with Gasteiger partial charge in [0.05, 0.1) is 6.54 Å². The first-order valence-corrected chi connectivity index (χ1v) is 7.51. The van der Waals surface area contributed by atoms with Gasteiger partial charge in [-0.1, -0.05) is 26.7 Å². The van der Waals surface area contributed by atoms with E-state index in [2.05, 4.69) is 48.5 Å². The van der Waals surface area contributed by atoms with Gasteiger partial charge in [-0.2, -0.15) is 0 Å². The minimum Gasteiger partial charge on any atom is -0.356 e. The lowest BCUT2D eigenvalue weighted by Crippen LogP contribution is -2.39. The fourth-order valence-electron chi connectivity index (χ4n) is 1.79. The van der Waals surface area contributed by atoms with Gasteiger partial charge in [0.2, 0.25) is 0 Å². The molecule has 0 amide bonds. The van der Waals surface area contributed by atoms with E-state index in [1.165, 1.54) is 22.6 Å². The number of hydrogen-bond donors (Lipinski definition) is 2. The molecule has 2 N–H and O–H groups in total. The number of aliphatic imine (C=N–C) groups is 1. The summed E-state index contributed by atoms with van der Waals surface area (Å²) in [4.78, 5) is 6.95. The van der Waals surface area contributed by atoms with Crippen LogP contribution in [0.2, 0.25) is 0 Å². The van der Waals surface area contributed by atoms with Crippen LogP contribution in [0.4, 0.5) is 0 Å². The smallest absolute Gasteiger partial charge is 0.191 e. The minimum atomic E-state index is 0.729. The van der Waals surface area contributed by atoms with Crippen molar-refractivity contribution in [3.8, 4) is 0 Å². The normalized spacial score (nSPS) is 11.9. The lowest BCUT2D eigenvalue weighted by atomic mass is 10.0. The molecule has 0 bridgehead atoms. The largest absolute Gasteiger partial charge is 0.356 e. The highest BCUT2D eigenvalue weighted by molar-refractivity contribution is 7.11. The van der Waals surface area contributed by atoms with Gasteiger partial charge in [-0.05, 0) is 25.0 Å². The molecule has 1 heterocycles. The van der Waals surface area contributed by atoms with Crippen molar-refractivity contribution in [2.24, 2.45) is 10.9 Å². The highest BCUT2D eigenvalue weighted by atomic mass is 32.1. The average molecular weight is 267 g/mol. The summed E-state index contributed by atoms with van der Waals surface area (Å²) in [5.74, 6) is 1.63. The van der Waals surface area contributed by atoms with Crippen molar-refractivity contribution < 1.29 is 0 Å². The molecule has 0 aliphatic rings. The monoisotopic (exact) mass is 267 g/mol. The summed E-state index contributed by atoms with van der Waals surface area (Å²) in [7, 11) is 1.82. The molecule has 0 saturated carbocycles. The number of nitrogens with zero attached hydrogens (tertiary/aromatic N) is 1. The molecule has 4 heteroatoms. The van der Waals surface area contributed by atoms with Crippen molar-refractivity contribution >= 4 is 17.3 Å². The van der Waals surface area contributed by atoms with E-state index in [4.69, 9.17) is 0 Å². The maximum atomic E-state index is 4.25. The predicted octanol–water partition coefficient (Wildman–Crippen LogP) is 3.16. The fraction of sp³-hybridized carbons (Fsp3) is 0.643. The van der Waals surface area contributed by atoms with Crippen LogP contribution in [-0.4, -0.2) is 19.6 Å². The Hall–Kier alpha value is -1.03. The van der Waals surface area contributed by atoms with Gasteiger partial charge in [-0.3, -0.25) is 4.99 Å². The molecule has 0 saturated heterocycles. The maximum Gasteiger partial charge on any atom is 0.191 e. The van der Waals surface area contributed by atoms with Crippen LogP contribution in [0.5, 0.6) is 0 Å². The molecule has 0 radical (unpaired) electrons. The molecule has 0 atom stereocenters. The van der Waals surface area contributed by atoms with Crippen LogP contribution in [0.25, 0.3) is 0 Å². The number of thiophene rings is 1. The summed E-state index contributed by atoms with van der Waals surface area (Å²) in [5.41, 5.74) is 0. The zero-order chi connectivity index (χ0) is 13.4. The lowest BCUT2D eigenvalue weighted by Gasteiger charge is -2.16. The molecular weight excluding hydrogens is 242 g/mol. The molecule has 0 spiro atoms. The first-order valence-electron chi connectivity index (χ1n) is 6.69. The number of aryl methyl sites for hydroxylation is 1. The standard InChI is InChI=1S/C14H25N3S/c1-5-12(6-2)9-16-14(15-4)17-10-13-8-7-11(3)18-13/h7-8,12H,5-6,9-10H2,1-4H3,(H2,15,16,17). The molecule has 0 aliphatic carbocycles. The Morgan fingerprint density at radius 1 is 1.28 bits per heavy atom. The Morgan fingerprint density at radius 3 is 2.50 bits per heavy atom. The van der Waals surface area contributed by atoms with Gasteiger partial charge in [0, 0.05) is 23.3 Å². The number of hydrogen-bond acceptors (Lipinski definition) is 2. The summed E-state index contributed by atoms with van der Waals surface area (Å²) in [5, 5.41) is 6.74. The molecule has 1 aromatic heterocycles. The number of nitrogens with one attached hydrogen (secondary N) is 2. The molecule has 1 aromatic rings. The summed E-state index contributed by atoms with van der Waals surface area (Å²) < 4.78 is 0. The van der Waals surface area contributed by atoms with E-state index in [9.17, 15) is 0 Å². The van der Waals surface area contributed by atoms with E-state index < -0.39 is 0 Å². The third-order valence-corrected chi connectivity index (χ3v) is 4.16. The second-order valence-electron chi connectivity index (χ2n) is 4.50. The average Bonchev–Trinajstić information content (AvgIpc) is 2.80. The molecule has 0 unspecified atom stereocenters. The van der Waals surface area contributed by atoms with Crippen LogP contribution in [-0.2, 0) is 6.54 Å². The van der Waals surface area contributed by atoms with Crippen molar-refractivity contribution in [2.75, 3.05) is 13.6 Å². The van der Waals surface area contributed by atoms with Crippen LogP contribution in [0.1, 0.15) is 36.4 Å². The minimum absolute atomic E-state index is 0.729. The van der Waals surface area contributed by atoms with E-state index in [0.717, 1.165) is 25.0 Å². The first kappa shape index (κ1) is 15.0. The Kier molecular flexibility index (Phi) is 6.80. The molecule has 0 aliphatic heterocycles. The van der Waals surface area contributed by atoms with Crippen molar-refractivity contribution in [3.63, 3.8) is 0 Å². The van der Waals surface area contributed by atoms with Gasteiger partial charge in [0.1, 0.15) is 0 Å². The van der Waals surface area contributed by atoms with Crippen molar-refractivity contribution in [3.05, 3.63) is 21.9 Å². The molecule has 102 valence electrons. The topological polar surface area (TPSA) is 36.4 Å². The SMILES string of the molecule is CCC(CC)CNC(=NC)NCc1ccc(C)s1. The predicted molar refractivity (Wildman–Crippen MR) is 81.3 cm³/mol. The molecule has 0 fully saturated rings. The Morgan fingerprint density at radius 2 is 2.00 bits per heavy atom. The lowest BCUT2D eigenvalue weighted by molar-refractivity contribution is 0.481. The zero-order valence-electron chi connectivity index (χ0n) is 11.9. The second kappa shape index (κ2) is 8.14. The van der Waals surface area contributed by atoms with Crippen LogP contribution >= 0.6 is 11.3 Å². The van der Waals surface area contributed by atoms with Crippen LogP contribution in [0.3, 0.4) is 0 Å². The highest BCUT2D eigenvalue weighted by Crippen LogP contribution is 2.14. The van der Waals surface area contributed by atoms with E-state index in [-0.39, 0.29) is 0 Å². The summed E-state index contributed by atoms with van der Waals surface area (Å²) in [6.45, 7) is 8.45. The number of guanidine groups is 1. The van der Waals surface area contributed by atoms with Crippen LogP contribution < -0.4 is 10.6 Å². The maximum absolute atomic E-state index is 4.25. The second-order valence-corrected chi connectivity index (χ2v) is 5.87. The molecular formula is C14H25N3S. The van der Waals surface area contributed by atoms with E-state index in [1.807, 2.05) is 18.4 Å². The molecule has 18 heavy (non-hydrogen) atoms. The third-order valence-electron chi connectivity index (χ3n) is 3.16. The van der Waals surface area contributed by atoms with Crippen molar-refractivity contribution in [1.29, 1.82) is 0 Å². The Labute approximate surface area is 115 Å². The quantitative estimate of drug-likeness (QED) is 0.613. The zero-order valence-corrected chi connectivity index (χ0v) is 12.7. The van der Waals surface area contributed by atoms with Gasteiger partial charge in [-0.25, -0.2) is 0 Å². The van der Waals surface area contributed by atoms with Crippen LogP contribution in [0, 0.1) is 12.8 Å². The highest BCUT2D eigenvalue weighted by Gasteiger charge is 2.05. The third kappa shape index (κ3) is 5.08. The van der Waals surface area contributed by atoms with Gasteiger partial charge >= 0.3 is 0 Å². The van der Waals surface area contributed by atoms with Gasteiger partial charge < -0.3 is 10.6 Å². The summed E-state index contributed by atoms with van der Waals surface area (Å²) in [6.07, 6.45) is 2.43. The number of rotatable bonds is 6. The van der Waals surface area contributed by atoms with Crippen LogP contribution in [0.15, 0.2) is 17.1 Å². The van der Waals surface area contributed by atoms with Gasteiger partial charge in [0.15, 0.2) is 5.96 Å². The molecule has 0 aromatic carbocycles. The van der Waals surface area contributed by atoms with Gasteiger partial charge in [-0.15, -0.1) is 11.3 Å². The Balaban J connectivity index is 2.34. The van der Waals surface area contributed by atoms with Crippen molar-refractivity contribution in [2.45, 2.75) is 40.2 Å². The van der Waals surface area contributed by atoms with E-state index in [0.29, 0.717) is 0 Å². The summed E-state index contributed by atoms with van der Waals surface area (Å²) >= 11 is 1.83. The summed E-state index contributed by atoms with van der Waals surface area (Å²) in [6, 6.07) is 4.32. The van der Waals surface area contributed by atoms with E-state index >= 15 is 0 Å².